The van der Waals surface area contributed by atoms with Crippen LogP contribution in [0.25, 0.3) is 10.8 Å². The third kappa shape index (κ3) is 4.22. The number of carbonyl (C=O) groups is 1. The summed E-state index contributed by atoms with van der Waals surface area (Å²) in [6.07, 6.45) is 1.70. The summed E-state index contributed by atoms with van der Waals surface area (Å²) >= 11 is 0. The SMILES string of the molecule is O=C(O)c1ccc(Cn2ccc3cc(OCc4cccc(F)c4)ccc3c2=O)cc1. The van der Waals surface area contributed by atoms with E-state index in [-0.39, 0.29) is 23.5 Å². The second-order valence-corrected chi connectivity index (χ2v) is 6.92. The van der Waals surface area contributed by atoms with Gasteiger partial charge in [0.05, 0.1) is 12.1 Å². The van der Waals surface area contributed by atoms with Crippen molar-refractivity contribution in [2.24, 2.45) is 0 Å². The highest BCUT2D eigenvalue weighted by Crippen LogP contribution is 2.20. The molecule has 1 heterocycles. The van der Waals surface area contributed by atoms with E-state index >= 15 is 0 Å². The molecule has 0 atom stereocenters. The van der Waals surface area contributed by atoms with E-state index in [1.54, 1.807) is 53.2 Å². The summed E-state index contributed by atoms with van der Waals surface area (Å²) in [6, 6.07) is 19.7. The summed E-state index contributed by atoms with van der Waals surface area (Å²) in [6.45, 7) is 0.569. The van der Waals surface area contributed by atoms with Crippen LogP contribution in [-0.2, 0) is 13.2 Å². The normalized spacial score (nSPS) is 10.8. The monoisotopic (exact) mass is 403 g/mol. The number of nitrogens with zero attached hydrogens (tertiary/aromatic N) is 1. The minimum absolute atomic E-state index is 0.147. The molecule has 3 aromatic carbocycles. The second-order valence-electron chi connectivity index (χ2n) is 6.92. The van der Waals surface area contributed by atoms with E-state index in [0.717, 1.165) is 16.5 Å². The fraction of sp³-hybridized carbons (Fsp3) is 0.0833. The fourth-order valence-electron chi connectivity index (χ4n) is 3.22. The second kappa shape index (κ2) is 8.21. The Labute approximate surface area is 171 Å². The van der Waals surface area contributed by atoms with Crippen molar-refractivity contribution in [3.8, 4) is 5.75 Å². The van der Waals surface area contributed by atoms with Gasteiger partial charge in [-0.2, -0.15) is 0 Å². The molecule has 0 saturated carbocycles. The highest BCUT2D eigenvalue weighted by Gasteiger charge is 2.07. The maximum absolute atomic E-state index is 13.3. The average molecular weight is 403 g/mol. The van der Waals surface area contributed by atoms with Crippen molar-refractivity contribution in [3.05, 3.63) is 112 Å². The number of ether oxygens (including phenoxy) is 1. The van der Waals surface area contributed by atoms with Crippen LogP contribution in [-0.4, -0.2) is 15.6 Å². The topological polar surface area (TPSA) is 68.5 Å². The molecule has 0 aliphatic carbocycles. The predicted molar refractivity (Wildman–Crippen MR) is 111 cm³/mol. The first-order valence-electron chi connectivity index (χ1n) is 9.32. The zero-order valence-corrected chi connectivity index (χ0v) is 15.9. The molecule has 0 saturated heterocycles. The third-order valence-corrected chi connectivity index (χ3v) is 4.80. The molecule has 4 rings (SSSR count). The predicted octanol–water partition coefficient (Wildman–Crippen LogP) is 4.47. The molecule has 30 heavy (non-hydrogen) atoms. The zero-order valence-electron chi connectivity index (χ0n) is 15.9. The quantitative estimate of drug-likeness (QED) is 0.516. The molecule has 1 N–H and O–H groups in total. The van der Waals surface area contributed by atoms with Gasteiger partial charge in [-0.1, -0.05) is 24.3 Å². The number of carboxylic acids is 1. The minimum Gasteiger partial charge on any atom is -0.489 e. The van der Waals surface area contributed by atoms with E-state index in [2.05, 4.69) is 0 Å². The highest BCUT2D eigenvalue weighted by molar-refractivity contribution is 5.87. The van der Waals surface area contributed by atoms with Crippen LogP contribution >= 0.6 is 0 Å². The zero-order chi connectivity index (χ0) is 21.1. The number of halogens is 1. The minimum atomic E-state index is -0.986. The number of rotatable bonds is 6. The van der Waals surface area contributed by atoms with Crippen LogP contribution in [0, 0.1) is 5.82 Å². The van der Waals surface area contributed by atoms with Crippen molar-refractivity contribution in [2.45, 2.75) is 13.2 Å². The number of hydrogen-bond acceptors (Lipinski definition) is 3. The van der Waals surface area contributed by atoms with Gasteiger partial charge in [0.1, 0.15) is 18.2 Å². The maximum atomic E-state index is 13.3. The highest BCUT2D eigenvalue weighted by atomic mass is 19.1. The Kier molecular flexibility index (Phi) is 5.30. The van der Waals surface area contributed by atoms with Gasteiger partial charge in [-0.25, -0.2) is 9.18 Å². The van der Waals surface area contributed by atoms with Crippen LogP contribution in [0.5, 0.6) is 5.75 Å². The molecule has 4 aromatic rings. The van der Waals surface area contributed by atoms with Crippen LogP contribution in [0.1, 0.15) is 21.5 Å². The Hall–Kier alpha value is -3.93. The van der Waals surface area contributed by atoms with Gasteiger partial charge in [-0.15, -0.1) is 0 Å². The molecule has 0 aliphatic rings. The summed E-state index contributed by atoms with van der Waals surface area (Å²) in [5, 5.41) is 10.3. The third-order valence-electron chi connectivity index (χ3n) is 4.80. The summed E-state index contributed by atoms with van der Waals surface area (Å²) < 4.78 is 20.6. The maximum Gasteiger partial charge on any atom is 0.335 e. The first-order chi connectivity index (χ1) is 14.5. The molecule has 0 fully saturated rings. The Bertz CT molecular complexity index is 1280. The van der Waals surface area contributed by atoms with Crippen LogP contribution < -0.4 is 10.3 Å². The average Bonchev–Trinajstić information content (AvgIpc) is 2.75. The number of pyridine rings is 1. The number of fused-ring (bicyclic) bond motifs is 1. The smallest absolute Gasteiger partial charge is 0.335 e. The molecule has 150 valence electrons. The summed E-state index contributed by atoms with van der Waals surface area (Å²) in [5.41, 5.74) is 1.61. The van der Waals surface area contributed by atoms with Crippen LogP contribution in [0.3, 0.4) is 0 Å². The summed E-state index contributed by atoms with van der Waals surface area (Å²) in [7, 11) is 0. The van der Waals surface area contributed by atoms with E-state index < -0.39 is 5.97 Å². The van der Waals surface area contributed by atoms with Crippen molar-refractivity contribution in [1.82, 2.24) is 4.57 Å². The van der Waals surface area contributed by atoms with E-state index in [4.69, 9.17) is 9.84 Å². The summed E-state index contributed by atoms with van der Waals surface area (Å²) in [5.74, 6) is -0.708. The number of aromatic carboxylic acids is 1. The Balaban J connectivity index is 1.53. The van der Waals surface area contributed by atoms with Gasteiger partial charge in [0, 0.05) is 11.6 Å². The number of benzene rings is 3. The fourth-order valence-corrected chi connectivity index (χ4v) is 3.22. The first-order valence-corrected chi connectivity index (χ1v) is 9.32. The van der Waals surface area contributed by atoms with Gasteiger partial charge in [0.2, 0.25) is 0 Å². The molecule has 5 nitrogen and oxygen atoms in total. The van der Waals surface area contributed by atoms with Gasteiger partial charge >= 0.3 is 5.97 Å². The molecule has 0 bridgehead atoms. The molecule has 0 unspecified atom stereocenters. The van der Waals surface area contributed by atoms with Crippen LogP contribution in [0.2, 0.25) is 0 Å². The van der Waals surface area contributed by atoms with E-state index in [0.29, 0.717) is 17.7 Å². The lowest BCUT2D eigenvalue weighted by Gasteiger charge is -2.10. The van der Waals surface area contributed by atoms with Gasteiger partial charge in [0.25, 0.3) is 5.56 Å². The molecule has 0 aliphatic heterocycles. The number of hydrogen-bond donors (Lipinski definition) is 1. The van der Waals surface area contributed by atoms with E-state index in [9.17, 15) is 14.0 Å². The van der Waals surface area contributed by atoms with Crippen molar-refractivity contribution in [3.63, 3.8) is 0 Å². The Morgan fingerprint density at radius 2 is 1.77 bits per heavy atom. The number of carboxylic acid groups (broad SMARTS) is 1. The summed E-state index contributed by atoms with van der Waals surface area (Å²) in [4.78, 5) is 23.8. The molecule has 0 radical (unpaired) electrons. The Morgan fingerprint density at radius 1 is 0.967 bits per heavy atom. The van der Waals surface area contributed by atoms with Gasteiger partial charge in [-0.3, -0.25) is 4.79 Å². The first kappa shape index (κ1) is 19.4. The van der Waals surface area contributed by atoms with Crippen LogP contribution in [0.15, 0.2) is 83.8 Å². The molecule has 1 aromatic heterocycles. The lowest BCUT2D eigenvalue weighted by molar-refractivity contribution is 0.0697. The van der Waals surface area contributed by atoms with E-state index in [1.807, 2.05) is 6.07 Å². The molecule has 6 heteroatoms. The molecular formula is C24H18FNO4. The van der Waals surface area contributed by atoms with Crippen molar-refractivity contribution >= 4 is 16.7 Å². The molecule has 0 spiro atoms. The van der Waals surface area contributed by atoms with Crippen molar-refractivity contribution < 1.29 is 19.0 Å². The van der Waals surface area contributed by atoms with Gasteiger partial charge in [-0.05, 0) is 65.0 Å². The lowest BCUT2D eigenvalue weighted by atomic mass is 10.1. The van der Waals surface area contributed by atoms with Crippen molar-refractivity contribution in [1.29, 1.82) is 0 Å². The lowest BCUT2D eigenvalue weighted by Crippen LogP contribution is -2.20. The number of aromatic nitrogens is 1. The Morgan fingerprint density at radius 3 is 2.50 bits per heavy atom. The van der Waals surface area contributed by atoms with Gasteiger partial charge in [0.15, 0.2) is 0 Å². The van der Waals surface area contributed by atoms with E-state index in [1.165, 1.54) is 24.3 Å². The molecular weight excluding hydrogens is 385 g/mol. The molecule has 0 amide bonds. The van der Waals surface area contributed by atoms with Crippen LogP contribution in [0.4, 0.5) is 4.39 Å². The largest absolute Gasteiger partial charge is 0.489 e. The van der Waals surface area contributed by atoms with Crippen molar-refractivity contribution in [2.75, 3.05) is 0 Å². The van der Waals surface area contributed by atoms with Gasteiger partial charge < -0.3 is 14.4 Å². The standard InChI is InChI=1S/C24H18FNO4/c25-20-3-1-2-17(12-20)15-30-21-8-9-22-19(13-21)10-11-26(23(22)27)14-16-4-6-18(7-5-16)24(28)29/h1-13H,14-15H2,(H,28,29).